The first-order valence-corrected chi connectivity index (χ1v) is 13.3. The molecule has 0 unspecified atom stereocenters. The molecule has 0 aliphatic carbocycles. The van der Waals surface area contributed by atoms with Crippen LogP contribution in [-0.2, 0) is 17.9 Å². The van der Waals surface area contributed by atoms with Crippen molar-refractivity contribution in [2.45, 2.75) is 39.8 Å². The number of imide groups is 1. The molecule has 202 valence electrons. The lowest BCUT2D eigenvalue weighted by molar-refractivity contribution is -0.125. The molecule has 3 aliphatic rings. The van der Waals surface area contributed by atoms with Gasteiger partial charge in [-0.1, -0.05) is 12.1 Å². The number of carbonyl (C=O) groups excluding carboxylic acids is 3. The highest BCUT2D eigenvalue weighted by molar-refractivity contribution is 6.23. The van der Waals surface area contributed by atoms with Crippen molar-refractivity contribution in [3.05, 3.63) is 70.5 Å². The van der Waals surface area contributed by atoms with E-state index in [2.05, 4.69) is 15.3 Å². The summed E-state index contributed by atoms with van der Waals surface area (Å²) in [6, 6.07) is 12.8. The molecular formula is C29H31N5O5. The molecule has 1 aromatic heterocycles. The van der Waals surface area contributed by atoms with Gasteiger partial charge in [0, 0.05) is 25.3 Å². The third kappa shape index (κ3) is 4.71. The zero-order chi connectivity index (χ0) is 27.1. The molecule has 0 bridgehead atoms. The van der Waals surface area contributed by atoms with E-state index in [-0.39, 0.29) is 37.0 Å². The van der Waals surface area contributed by atoms with E-state index >= 15 is 0 Å². The van der Waals surface area contributed by atoms with Crippen LogP contribution in [0.1, 0.15) is 50.5 Å². The Morgan fingerprint density at radius 3 is 2.74 bits per heavy atom. The van der Waals surface area contributed by atoms with Gasteiger partial charge in [-0.2, -0.15) is 5.10 Å². The predicted octanol–water partition coefficient (Wildman–Crippen LogP) is 3.06. The normalized spacial score (nSPS) is 18.1. The lowest BCUT2D eigenvalue weighted by Crippen LogP contribution is -2.44. The van der Waals surface area contributed by atoms with E-state index in [1.54, 1.807) is 18.2 Å². The van der Waals surface area contributed by atoms with Crippen LogP contribution in [0.5, 0.6) is 11.5 Å². The average molecular weight is 530 g/mol. The molecule has 10 heteroatoms. The summed E-state index contributed by atoms with van der Waals surface area (Å²) in [5.74, 6) is 0.424. The van der Waals surface area contributed by atoms with E-state index in [0.717, 1.165) is 36.3 Å². The van der Waals surface area contributed by atoms with Crippen LogP contribution in [0.25, 0.3) is 0 Å². The monoisotopic (exact) mass is 529 g/mol. The summed E-state index contributed by atoms with van der Waals surface area (Å²) in [6.45, 7) is 6.58. The molecule has 6 rings (SSSR count). The topological polar surface area (TPSA) is 106 Å². The fourth-order valence-corrected chi connectivity index (χ4v) is 5.69. The van der Waals surface area contributed by atoms with Gasteiger partial charge in [-0.15, -0.1) is 0 Å². The van der Waals surface area contributed by atoms with Gasteiger partial charge >= 0.3 is 0 Å². The number of nitrogens with one attached hydrogen (secondary N) is 1. The van der Waals surface area contributed by atoms with Crippen LogP contribution in [0, 0.1) is 19.8 Å². The smallest absolute Gasteiger partial charge is 0.263 e. The minimum Gasteiger partial charge on any atom is -0.454 e. The number of benzene rings is 2. The molecule has 39 heavy (non-hydrogen) atoms. The van der Waals surface area contributed by atoms with Crippen LogP contribution in [0.15, 0.2) is 42.5 Å². The van der Waals surface area contributed by atoms with Gasteiger partial charge in [0.25, 0.3) is 11.8 Å². The quantitative estimate of drug-likeness (QED) is 0.469. The number of amides is 3. The minimum absolute atomic E-state index is 0.000597. The molecule has 1 atom stereocenters. The number of aryl methyl sites for hydroxylation is 2. The maximum atomic E-state index is 13.6. The highest BCUT2D eigenvalue weighted by Crippen LogP contribution is 2.36. The molecule has 1 N–H and O–H groups in total. The number of piperidine rings is 1. The first kappa shape index (κ1) is 25.0. The van der Waals surface area contributed by atoms with Gasteiger partial charge in [0.05, 0.1) is 41.5 Å². The number of anilines is 1. The van der Waals surface area contributed by atoms with E-state index < -0.39 is 0 Å². The number of aromatic nitrogens is 2. The van der Waals surface area contributed by atoms with E-state index in [0.29, 0.717) is 47.9 Å². The molecule has 1 saturated heterocycles. The number of carbonyl (C=O) groups is 3. The van der Waals surface area contributed by atoms with Crippen molar-refractivity contribution in [2.75, 3.05) is 31.3 Å². The molecular weight excluding hydrogens is 498 g/mol. The number of hydrogen-bond donors (Lipinski definition) is 1. The van der Waals surface area contributed by atoms with Crippen molar-refractivity contribution >= 4 is 23.4 Å². The molecule has 10 nitrogen and oxygen atoms in total. The summed E-state index contributed by atoms with van der Waals surface area (Å²) < 4.78 is 12.7. The van der Waals surface area contributed by atoms with Gasteiger partial charge in [0.15, 0.2) is 11.5 Å². The summed E-state index contributed by atoms with van der Waals surface area (Å²) in [5, 5.41) is 7.50. The molecule has 3 aliphatic heterocycles. The van der Waals surface area contributed by atoms with Crippen LogP contribution in [-0.4, -0.2) is 58.8 Å². The fraction of sp³-hybridized carbons (Fsp3) is 0.379. The minimum atomic E-state index is -0.320. The Labute approximate surface area is 226 Å². The summed E-state index contributed by atoms with van der Waals surface area (Å²) in [7, 11) is 0. The van der Waals surface area contributed by atoms with Gasteiger partial charge in [0.1, 0.15) is 0 Å². The number of nitrogens with zero attached hydrogens (tertiary/aromatic N) is 4. The second-order valence-electron chi connectivity index (χ2n) is 10.3. The zero-order valence-corrected chi connectivity index (χ0v) is 22.1. The van der Waals surface area contributed by atoms with Gasteiger partial charge in [-0.3, -0.25) is 24.0 Å². The largest absolute Gasteiger partial charge is 0.454 e. The van der Waals surface area contributed by atoms with E-state index in [4.69, 9.17) is 9.47 Å². The predicted molar refractivity (Wildman–Crippen MR) is 143 cm³/mol. The second-order valence-corrected chi connectivity index (χ2v) is 10.3. The van der Waals surface area contributed by atoms with Crippen LogP contribution in [0.2, 0.25) is 0 Å². The number of ether oxygens (including phenoxy) is 2. The van der Waals surface area contributed by atoms with Gasteiger partial charge < -0.3 is 19.7 Å². The average Bonchev–Trinajstić information content (AvgIpc) is 3.61. The third-order valence-corrected chi connectivity index (χ3v) is 7.61. The number of fused-ring (bicyclic) bond motifs is 2. The number of hydrogen-bond acceptors (Lipinski definition) is 7. The zero-order valence-electron chi connectivity index (χ0n) is 22.1. The van der Waals surface area contributed by atoms with Crippen molar-refractivity contribution in [3.8, 4) is 11.5 Å². The van der Waals surface area contributed by atoms with Gasteiger partial charge in [0.2, 0.25) is 12.7 Å². The summed E-state index contributed by atoms with van der Waals surface area (Å²) in [4.78, 5) is 43.2. The Bertz CT molecular complexity index is 1460. The molecule has 4 heterocycles. The van der Waals surface area contributed by atoms with E-state index in [1.807, 2.05) is 42.8 Å². The summed E-state index contributed by atoms with van der Waals surface area (Å²) >= 11 is 0. The molecule has 1 fully saturated rings. The molecule has 0 radical (unpaired) electrons. The third-order valence-electron chi connectivity index (χ3n) is 7.61. The van der Waals surface area contributed by atoms with E-state index in [9.17, 15) is 14.4 Å². The first-order chi connectivity index (χ1) is 18.9. The highest BCUT2D eigenvalue weighted by atomic mass is 16.7. The van der Waals surface area contributed by atoms with Crippen molar-refractivity contribution in [3.63, 3.8) is 0 Å². The van der Waals surface area contributed by atoms with Gasteiger partial charge in [-0.25, -0.2) is 0 Å². The second kappa shape index (κ2) is 10.1. The van der Waals surface area contributed by atoms with Crippen molar-refractivity contribution < 1.29 is 23.9 Å². The molecule has 3 aromatic rings. The molecule has 3 amide bonds. The Balaban J connectivity index is 1.14. The highest BCUT2D eigenvalue weighted by Gasteiger charge is 2.39. The lowest BCUT2D eigenvalue weighted by Gasteiger charge is -2.34. The molecule has 2 aromatic carbocycles. The summed E-state index contributed by atoms with van der Waals surface area (Å²) in [5.41, 5.74) is 4.32. The fourth-order valence-electron chi connectivity index (χ4n) is 5.69. The maximum absolute atomic E-state index is 13.6. The SMILES string of the molecule is Cc1cc(C)n(CCNC(=O)[C@@H]2CCCN(c3cccc4c3C(=O)N(Cc3ccc5c(c3)OCO5)C4=O)C2)n1. The standard InChI is InChI=1S/C29H31N5O5/c1-18-13-19(2)34(31-18)12-10-30-27(35)21-5-4-11-32(16-21)23-7-3-6-22-26(23)29(37)33(28(22)36)15-20-8-9-24-25(14-20)39-17-38-24/h3,6-9,13-14,21H,4-5,10-12,15-17H2,1-2H3,(H,30,35)/t21-/m1/s1. The molecule has 0 spiro atoms. The van der Waals surface area contributed by atoms with Crippen molar-refractivity contribution in [1.29, 1.82) is 0 Å². The van der Waals surface area contributed by atoms with Crippen molar-refractivity contribution in [1.82, 2.24) is 20.0 Å². The van der Waals surface area contributed by atoms with E-state index in [1.165, 1.54) is 4.90 Å². The first-order valence-electron chi connectivity index (χ1n) is 13.3. The Hall–Kier alpha value is -4.34. The van der Waals surface area contributed by atoms with Crippen molar-refractivity contribution in [2.24, 2.45) is 5.92 Å². The summed E-state index contributed by atoms with van der Waals surface area (Å²) in [6.07, 6.45) is 1.60. The van der Waals surface area contributed by atoms with Crippen LogP contribution in [0.3, 0.4) is 0 Å². The van der Waals surface area contributed by atoms with Crippen LogP contribution >= 0.6 is 0 Å². The lowest BCUT2D eigenvalue weighted by atomic mass is 9.95. The van der Waals surface area contributed by atoms with Gasteiger partial charge in [-0.05, 0) is 62.6 Å². The number of rotatable bonds is 7. The Kier molecular flexibility index (Phi) is 6.46. The maximum Gasteiger partial charge on any atom is 0.263 e. The molecule has 0 saturated carbocycles. The Morgan fingerprint density at radius 2 is 1.92 bits per heavy atom. The Morgan fingerprint density at radius 1 is 1.08 bits per heavy atom. The van der Waals surface area contributed by atoms with Crippen LogP contribution < -0.4 is 19.7 Å². The van der Waals surface area contributed by atoms with Crippen LogP contribution in [0.4, 0.5) is 5.69 Å².